The Labute approximate surface area is 166 Å². The molecule has 1 aliphatic rings. The van der Waals surface area contributed by atoms with E-state index >= 15 is 0 Å². The van der Waals surface area contributed by atoms with E-state index in [9.17, 15) is 13.2 Å². The van der Waals surface area contributed by atoms with Crippen molar-refractivity contribution in [2.24, 2.45) is 5.73 Å². The van der Waals surface area contributed by atoms with Gasteiger partial charge in [-0.3, -0.25) is 4.79 Å². The molecule has 2 aromatic rings. The Morgan fingerprint density at radius 2 is 1.75 bits per heavy atom. The van der Waals surface area contributed by atoms with Crippen LogP contribution in [0.15, 0.2) is 47.5 Å². The summed E-state index contributed by atoms with van der Waals surface area (Å²) in [6, 6.07) is 10.6. The highest BCUT2D eigenvalue weighted by atomic mass is 32.2. The van der Waals surface area contributed by atoms with Gasteiger partial charge in [0.25, 0.3) is 0 Å². The molecule has 0 saturated carbocycles. The number of carbonyl (C=O) groups excluding carboxylic acids is 1. The molecule has 0 spiro atoms. The lowest BCUT2D eigenvalue weighted by molar-refractivity contribution is 0.1000. The maximum Gasteiger partial charge on any atom is 0.250 e. The molecule has 8 heteroatoms. The standard InChI is InChI=1S/C20H26N4O3S/c1-3-15(2)16-4-7-18(8-5-16)28(26,27)24-12-10-23(11-13-24)19-9-6-17(14-22-19)20(21)25/h4-9,14-15H,3,10-13H2,1-2H3,(H2,21,25). The number of hydrogen-bond acceptors (Lipinski definition) is 5. The van der Waals surface area contributed by atoms with Crippen molar-refractivity contribution in [3.05, 3.63) is 53.7 Å². The molecule has 3 rings (SSSR count). The highest BCUT2D eigenvalue weighted by Crippen LogP contribution is 2.24. The zero-order valence-corrected chi connectivity index (χ0v) is 17.0. The van der Waals surface area contributed by atoms with Gasteiger partial charge in [0.15, 0.2) is 0 Å². The Morgan fingerprint density at radius 3 is 2.25 bits per heavy atom. The number of aromatic nitrogens is 1. The quantitative estimate of drug-likeness (QED) is 0.799. The topological polar surface area (TPSA) is 96.6 Å². The summed E-state index contributed by atoms with van der Waals surface area (Å²) in [7, 11) is -3.51. The minimum Gasteiger partial charge on any atom is -0.366 e. The van der Waals surface area contributed by atoms with Crippen LogP contribution in [-0.4, -0.2) is 49.8 Å². The summed E-state index contributed by atoms with van der Waals surface area (Å²) in [4.78, 5) is 17.7. The van der Waals surface area contributed by atoms with Crippen LogP contribution in [0.25, 0.3) is 0 Å². The maximum absolute atomic E-state index is 12.9. The van der Waals surface area contributed by atoms with Crippen LogP contribution < -0.4 is 10.6 Å². The second-order valence-corrected chi connectivity index (χ2v) is 8.98. The Hall–Kier alpha value is -2.45. The third kappa shape index (κ3) is 4.18. The molecule has 1 aromatic carbocycles. The van der Waals surface area contributed by atoms with Crippen LogP contribution in [0.5, 0.6) is 0 Å². The zero-order chi connectivity index (χ0) is 20.3. The van der Waals surface area contributed by atoms with Crippen molar-refractivity contribution in [3.8, 4) is 0 Å². The molecule has 150 valence electrons. The van der Waals surface area contributed by atoms with Gasteiger partial charge >= 0.3 is 0 Å². The number of anilines is 1. The van der Waals surface area contributed by atoms with Crippen LogP contribution in [-0.2, 0) is 10.0 Å². The molecule has 1 aliphatic heterocycles. The number of sulfonamides is 1. The van der Waals surface area contributed by atoms with Gasteiger partial charge in [0.05, 0.1) is 10.5 Å². The average molecular weight is 403 g/mol. The highest BCUT2D eigenvalue weighted by molar-refractivity contribution is 7.89. The van der Waals surface area contributed by atoms with Crippen molar-refractivity contribution in [3.63, 3.8) is 0 Å². The van der Waals surface area contributed by atoms with Crippen LogP contribution >= 0.6 is 0 Å². The van der Waals surface area contributed by atoms with Crippen LogP contribution in [0, 0.1) is 0 Å². The maximum atomic E-state index is 12.9. The van der Waals surface area contributed by atoms with Crippen LogP contribution in [0.1, 0.15) is 42.1 Å². The smallest absolute Gasteiger partial charge is 0.250 e. The second kappa shape index (κ2) is 8.28. The Kier molecular flexibility index (Phi) is 6.00. The number of rotatable bonds is 6. The minimum atomic E-state index is -3.51. The highest BCUT2D eigenvalue weighted by Gasteiger charge is 2.29. The first-order valence-electron chi connectivity index (χ1n) is 9.44. The van der Waals surface area contributed by atoms with E-state index in [4.69, 9.17) is 5.73 Å². The number of carbonyl (C=O) groups is 1. The Balaban J connectivity index is 1.67. The van der Waals surface area contributed by atoms with Gasteiger partial charge in [0, 0.05) is 32.4 Å². The number of pyridine rings is 1. The van der Waals surface area contributed by atoms with Gasteiger partial charge in [-0.25, -0.2) is 13.4 Å². The Morgan fingerprint density at radius 1 is 1.11 bits per heavy atom. The molecule has 0 aliphatic carbocycles. The van der Waals surface area contributed by atoms with Crippen molar-refractivity contribution in [1.82, 2.24) is 9.29 Å². The fourth-order valence-corrected chi connectivity index (χ4v) is 4.65. The van der Waals surface area contributed by atoms with Crippen molar-refractivity contribution in [2.75, 3.05) is 31.1 Å². The van der Waals surface area contributed by atoms with Gasteiger partial charge in [0.1, 0.15) is 5.82 Å². The molecule has 1 fully saturated rings. The molecule has 0 radical (unpaired) electrons. The minimum absolute atomic E-state index is 0.330. The SMILES string of the molecule is CCC(C)c1ccc(S(=O)(=O)N2CCN(c3ccc(C(N)=O)cn3)CC2)cc1. The number of hydrogen-bond donors (Lipinski definition) is 1. The number of nitrogens with two attached hydrogens (primary N) is 1. The first-order valence-corrected chi connectivity index (χ1v) is 10.9. The number of benzene rings is 1. The van der Waals surface area contributed by atoms with E-state index in [0.717, 1.165) is 12.0 Å². The molecular weight excluding hydrogens is 376 g/mol. The van der Waals surface area contributed by atoms with Gasteiger partial charge in [-0.1, -0.05) is 26.0 Å². The summed E-state index contributed by atoms with van der Waals surface area (Å²) >= 11 is 0. The summed E-state index contributed by atoms with van der Waals surface area (Å²) in [5.41, 5.74) is 6.73. The van der Waals surface area contributed by atoms with E-state index in [2.05, 4.69) is 18.8 Å². The van der Waals surface area contributed by atoms with E-state index in [1.54, 1.807) is 24.3 Å². The molecular formula is C20H26N4O3S. The van der Waals surface area contributed by atoms with Gasteiger partial charge in [-0.2, -0.15) is 4.31 Å². The summed E-state index contributed by atoms with van der Waals surface area (Å²) in [6.45, 7) is 6.08. The number of piperazine rings is 1. The Bertz CT molecular complexity index is 919. The molecule has 28 heavy (non-hydrogen) atoms. The lowest BCUT2D eigenvalue weighted by Crippen LogP contribution is -2.48. The van der Waals surface area contributed by atoms with E-state index in [1.165, 1.54) is 10.5 Å². The van der Waals surface area contributed by atoms with Gasteiger partial charge in [-0.15, -0.1) is 0 Å². The molecule has 7 nitrogen and oxygen atoms in total. The van der Waals surface area contributed by atoms with Gasteiger partial charge in [-0.05, 0) is 42.2 Å². The molecule has 1 saturated heterocycles. The second-order valence-electron chi connectivity index (χ2n) is 7.04. The van der Waals surface area contributed by atoms with Crippen molar-refractivity contribution in [1.29, 1.82) is 0 Å². The van der Waals surface area contributed by atoms with E-state index in [-0.39, 0.29) is 0 Å². The third-order valence-electron chi connectivity index (χ3n) is 5.29. The first-order chi connectivity index (χ1) is 13.3. The van der Waals surface area contributed by atoms with Crippen molar-refractivity contribution < 1.29 is 13.2 Å². The molecule has 1 aromatic heterocycles. The molecule has 1 unspecified atom stereocenters. The number of amides is 1. The number of nitrogens with zero attached hydrogens (tertiary/aromatic N) is 3. The lowest BCUT2D eigenvalue weighted by Gasteiger charge is -2.34. The van der Waals surface area contributed by atoms with Gasteiger partial charge < -0.3 is 10.6 Å². The fraction of sp³-hybridized carbons (Fsp3) is 0.400. The monoisotopic (exact) mass is 402 g/mol. The van der Waals surface area contributed by atoms with E-state index in [0.29, 0.717) is 48.4 Å². The van der Waals surface area contributed by atoms with Crippen LogP contribution in [0.3, 0.4) is 0 Å². The molecule has 2 heterocycles. The van der Waals surface area contributed by atoms with Gasteiger partial charge in [0.2, 0.25) is 15.9 Å². The van der Waals surface area contributed by atoms with Crippen molar-refractivity contribution in [2.45, 2.75) is 31.1 Å². The summed E-state index contributed by atoms with van der Waals surface area (Å²) in [5, 5.41) is 0. The predicted octanol–water partition coefficient (Wildman–Crippen LogP) is 2.20. The van der Waals surface area contributed by atoms with E-state index < -0.39 is 15.9 Å². The lowest BCUT2D eigenvalue weighted by atomic mass is 9.99. The third-order valence-corrected chi connectivity index (χ3v) is 7.21. The molecule has 2 N–H and O–H groups in total. The summed E-state index contributed by atoms with van der Waals surface area (Å²) in [5.74, 6) is 0.600. The first kappa shape index (κ1) is 20.3. The largest absolute Gasteiger partial charge is 0.366 e. The van der Waals surface area contributed by atoms with Crippen LogP contribution in [0.2, 0.25) is 0 Å². The summed E-state index contributed by atoms with van der Waals surface area (Å²) < 4.78 is 27.4. The van der Waals surface area contributed by atoms with Crippen molar-refractivity contribution >= 4 is 21.7 Å². The zero-order valence-electron chi connectivity index (χ0n) is 16.2. The van der Waals surface area contributed by atoms with E-state index in [1.807, 2.05) is 17.0 Å². The predicted molar refractivity (Wildman–Crippen MR) is 109 cm³/mol. The molecule has 0 bridgehead atoms. The average Bonchev–Trinajstić information content (AvgIpc) is 2.73. The molecule has 1 atom stereocenters. The number of primary amides is 1. The van der Waals surface area contributed by atoms with Crippen LogP contribution in [0.4, 0.5) is 5.82 Å². The normalized spacial score (nSPS) is 16.7. The molecule has 1 amide bonds. The fourth-order valence-electron chi connectivity index (χ4n) is 3.23. The summed E-state index contributed by atoms with van der Waals surface area (Å²) in [6.07, 6.45) is 2.46.